The van der Waals surface area contributed by atoms with Crippen LogP contribution in [0.4, 0.5) is 17.1 Å². The number of likely N-dealkylation sites (tertiary alicyclic amines) is 2. The number of aryl methyl sites for hydroxylation is 3. The highest BCUT2D eigenvalue weighted by molar-refractivity contribution is 6.05. The Balaban J connectivity index is 0.000000735. The minimum Gasteiger partial charge on any atom is -0.396 e. The number of piperidine rings is 2. The number of aliphatic hydroxyl groups is 1. The Hall–Kier alpha value is -10.7. The van der Waals surface area contributed by atoms with Crippen molar-refractivity contribution in [2.45, 2.75) is 79.2 Å². The van der Waals surface area contributed by atoms with Gasteiger partial charge in [-0.1, -0.05) is 105 Å². The van der Waals surface area contributed by atoms with E-state index in [-0.39, 0.29) is 83.9 Å². The van der Waals surface area contributed by atoms with Crippen LogP contribution in [0.5, 0.6) is 0 Å². The smallest absolute Gasteiger partial charge is 0.276 e. The summed E-state index contributed by atoms with van der Waals surface area (Å²) in [6.45, 7) is 10.5. The van der Waals surface area contributed by atoms with Crippen molar-refractivity contribution < 1.29 is 45.3 Å². The van der Waals surface area contributed by atoms with Crippen LogP contribution in [0.25, 0.3) is 33.8 Å². The molecule has 498 valence electrons. The number of benzene rings is 6. The normalized spacial score (nSPS) is 13.6. The van der Waals surface area contributed by atoms with Crippen LogP contribution in [0.2, 0.25) is 0 Å². The van der Waals surface area contributed by atoms with Crippen molar-refractivity contribution in [3.8, 4) is 33.8 Å². The van der Waals surface area contributed by atoms with Crippen molar-refractivity contribution in [3.05, 3.63) is 233 Å². The van der Waals surface area contributed by atoms with Crippen LogP contribution in [-0.4, -0.2) is 132 Å². The predicted molar refractivity (Wildman–Crippen MR) is 382 cm³/mol. The topological polar surface area (TPSA) is 267 Å². The van der Waals surface area contributed by atoms with Gasteiger partial charge in [-0.3, -0.25) is 43.7 Å². The maximum Gasteiger partial charge on any atom is 0.276 e. The molecule has 3 aliphatic rings. The lowest BCUT2D eigenvalue weighted by Gasteiger charge is -2.31. The van der Waals surface area contributed by atoms with Crippen LogP contribution in [0.3, 0.4) is 0 Å². The SMILES string of the molecule is C.Cc1ncc(-c2ccc(C(=O)NC3CC3)cc2)nc1C(=O)Nc1ccccc1.Cc1ncc(-c2ccc(C(=O)NCCN3CCCCC3)cc2)nc1C(=O)Nc1ccccc1.Cc1ncc(-c2cccc(C(=O)N3CCC(CO)CC3)c2)nc1C(=O)Nc1ccccc1.[HH].[HH].[HH].[HH].[HH].[HH].[HH].[HH]. The van der Waals surface area contributed by atoms with Crippen LogP contribution in [0, 0.1) is 26.7 Å². The van der Waals surface area contributed by atoms with E-state index in [0.717, 1.165) is 62.0 Å². The van der Waals surface area contributed by atoms with Gasteiger partial charge in [0.05, 0.1) is 52.8 Å². The van der Waals surface area contributed by atoms with Crippen LogP contribution in [0.15, 0.2) is 182 Å². The van der Waals surface area contributed by atoms with Crippen LogP contribution in [-0.2, 0) is 0 Å². The summed E-state index contributed by atoms with van der Waals surface area (Å²) in [5, 5.41) is 23.8. The van der Waals surface area contributed by atoms with Gasteiger partial charge in [-0.2, -0.15) is 0 Å². The van der Waals surface area contributed by atoms with Crippen LogP contribution in [0.1, 0.15) is 143 Å². The third-order valence-electron chi connectivity index (χ3n) is 16.1. The number of amides is 6. The molecular formula is C74H95N13O7. The quantitative estimate of drug-likeness (QED) is 0.0495. The third kappa shape index (κ3) is 18.7. The summed E-state index contributed by atoms with van der Waals surface area (Å²) in [4.78, 5) is 106. The number of carbonyl (C=O) groups excluding carboxylic acids is 6. The molecule has 0 spiro atoms. The predicted octanol–water partition coefficient (Wildman–Crippen LogP) is 13.7. The van der Waals surface area contributed by atoms with E-state index in [0.29, 0.717) is 93.6 Å². The van der Waals surface area contributed by atoms with E-state index >= 15 is 0 Å². The fourth-order valence-corrected chi connectivity index (χ4v) is 10.6. The monoisotopic (exact) mass is 1280 g/mol. The van der Waals surface area contributed by atoms with Crippen molar-refractivity contribution in [1.82, 2.24) is 50.3 Å². The molecule has 20 nitrogen and oxygen atoms in total. The number of aromatic nitrogens is 6. The average molecular weight is 1280 g/mol. The first-order chi connectivity index (χ1) is 45.2. The number of nitrogens with one attached hydrogen (secondary N) is 5. The Bertz CT molecular complexity index is 4090. The largest absolute Gasteiger partial charge is 0.396 e. The second kappa shape index (κ2) is 33.0. The Morgan fingerprint density at radius 3 is 1.32 bits per heavy atom. The van der Waals surface area contributed by atoms with Crippen molar-refractivity contribution in [2.75, 3.05) is 61.8 Å². The number of rotatable bonds is 17. The lowest BCUT2D eigenvalue weighted by Crippen LogP contribution is -2.39. The Kier molecular flexibility index (Phi) is 23.8. The van der Waals surface area contributed by atoms with Gasteiger partial charge in [0.1, 0.15) is 17.1 Å². The lowest BCUT2D eigenvalue weighted by atomic mass is 9.97. The Morgan fingerprint density at radius 1 is 0.468 bits per heavy atom. The molecule has 20 heteroatoms. The van der Waals surface area contributed by atoms with Crippen molar-refractivity contribution in [2.24, 2.45) is 5.92 Å². The number of hydrogen-bond donors (Lipinski definition) is 6. The fourth-order valence-electron chi connectivity index (χ4n) is 10.6. The van der Waals surface area contributed by atoms with Crippen LogP contribution >= 0.6 is 0 Å². The minimum atomic E-state index is -0.331. The molecule has 9 aromatic rings. The summed E-state index contributed by atoms with van der Waals surface area (Å²) >= 11 is 0. The highest BCUT2D eigenvalue weighted by Crippen LogP contribution is 2.26. The van der Waals surface area contributed by atoms with E-state index in [9.17, 15) is 33.9 Å². The van der Waals surface area contributed by atoms with E-state index in [2.05, 4.69) is 61.4 Å². The summed E-state index contributed by atoms with van der Waals surface area (Å²) in [5.74, 6) is -0.860. The van der Waals surface area contributed by atoms with Gasteiger partial charge in [-0.15, -0.1) is 0 Å². The average Bonchev–Trinajstić information content (AvgIpc) is 1.80. The second-order valence-corrected chi connectivity index (χ2v) is 23.1. The molecule has 2 aliphatic heterocycles. The van der Waals surface area contributed by atoms with Gasteiger partial charge in [0.25, 0.3) is 35.4 Å². The number of carbonyl (C=O) groups is 6. The molecule has 1 saturated carbocycles. The number of aliphatic hydroxyl groups excluding tert-OH is 1. The molecule has 0 radical (unpaired) electrons. The molecule has 0 bridgehead atoms. The number of para-hydroxylation sites is 3. The lowest BCUT2D eigenvalue weighted by molar-refractivity contribution is 0.0650. The zero-order chi connectivity index (χ0) is 65.1. The maximum absolute atomic E-state index is 13.0. The maximum atomic E-state index is 13.0. The first kappa shape index (κ1) is 67.7. The zero-order valence-electron chi connectivity index (χ0n) is 52.3. The van der Waals surface area contributed by atoms with E-state index in [1.165, 1.54) is 19.3 Å². The number of hydrogen-bond acceptors (Lipinski definition) is 14. The first-order valence-corrected chi connectivity index (χ1v) is 31.4. The van der Waals surface area contributed by atoms with Gasteiger partial charge in [0.2, 0.25) is 0 Å². The van der Waals surface area contributed by atoms with E-state index in [1.807, 2.05) is 132 Å². The molecule has 1 aliphatic carbocycles. The number of anilines is 3. The molecule has 5 heterocycles. The zero-order valence-corrected chi connectivity index (χ0v) is 52.3. The Morgan fingerprint density at radius 2 is 0.894 bits per heavy atom. The molecule has 0 atom stereocenters. The van der Waals surface area contributed by atoms with E-state index in [1.54, 1.807) is 75.8 Å². The van der Waals surface area contributed by atoms with Crippen molar-refractivity contribution in [1.29, 1.82) is 0 Å². The van der Waals surface area contributed by atoms with Gasteiger partial charge in [-0.05, 0) is 151 Å². The summed E-state index contributed by atoms with van der Waals surface area (Å²) in [6.07, 6.45) is 12.4. The molecule has 6 N–H and O–H groups in total. The van der Waals surface area contributed by atoms with Gasteiger partial charge in [-0.25, -0.2) is 15.0 Å². The summed E-state index contributed by atoms with van der Waals surface area (Å²) in [7, 11) is 0. The first-order valence-electron chi connectivity index (χ1n) is 31.4. The highest BCUT2D eigenvalue weighted by atomic mass is 16.3. The molecule has 3 fully saturated rings. The molecule has 12 rings (SSSR count). The van der Waals surface area contributed by atoms with E-state index < -0.39 is 0 Å². The standard InChI is InChI=1S/C26H29N5O2.C25H26N4O3.C22H20N4O2.CH4.8H2/c1-19-24(26(33)29-22-8-4-2-5-9-22)30-23(18-28-19)20-10-12-21(13-11-20)25(32)27-14-17-31-15-6-3-7-16-31;1-17-23(24(31)27-21-8-3-2-4-9-21)28-22(15-26-17)19-6-5-7-20(14-19)25(32)29-12-10-18(16-30)11-13-29;1-14-20(22(28)25-17-5-3-2-4-6-17)26-19(13-23-14)15-7-9-16(10-8-15)21(27)24-18-11-12-18;;;;;;;;;/h2,4-5,8-13,18H,3,6-7,14-17H2,1H3,(H,27,32)(H,29,33);2-9,14-15,18,30H,10-13,16H2,1H3,(H,27,31);2-10,13,18H,11-12H2,1H3,(H,24,27)(H,25,28);1H4;8*1H. The summed E-state index contributed by atoms with van der Waals surface area (Å²) < 4.78 is 0. The summed E-state index contributed by atoms with van der Waals surface area (Å²) in [5.41, 5.74) is 10.3. The molecule has 6 amide bonds. The fraction of sp³-hybridized carbons (Fsp3) is 0.270. The molecular weight excluding hydrogens is 1180 g/mol. The third-order valence-corrected chi connectivity index (χ3v) is 16.1. The highest BCUT2D eigenvalue weighted by Gasteiger charge is 2.26. The molecule has 6 aromatic carbocycles. The Labute approximate surface area is 560 Å². The molecule has 94 heavy (non-hydrogen) atoms. The van der Waals surface area contributed by atoms with Gasteiger partial charge >= 0.3 is 0 Å². The van der Waals surface area contributed by atoms with Gasteiger partial charge in [0, 0.05) is 101 Å². The second-order valence-electron chi connectivity index (χ2n) is 23.1. The van der Waals surface area contributed by atoms with Gasteiger partial charge < -0.3 is 41.5 Å². The van der Waals surface area contributed by atoms with Crippen LogP contribution < -0.4 is 26.6 Å². The molecule has 2 saturated heterocycles. The van der Waals surface area contributed by atoms with Crippen molar-refractivity contribution >= 4 is 52.5 Å². The van der Waals surface area contributed by atoms with Gasteiger partial charge in [0.15, 0.2) is 0 Å². The van der Waals surface area contributed by atoms with Crippen molar-refractivity contribution in [3.63, 3.8) is 0 Å². The summed E-state index contributed by atoms with van der Waals surface area (Å²) in [6, 6.07) is 49.6. The van der Waals surface area contributed by atoms with E-state index in [4.69, 9.17) is 0 Å². The molecule has 0 unspecified atom stereocenters. The number of nitrogens with zero attached hydrogens (tertiary/aromatic N) is 8. The minimum absolute atomic E-state index is 0. The molecule has 3 aromatic heterocycles.